The minimum absolute atomic E-state index is 0.0189. The molecule has 2 aliphatic rings. The van der Waals surface area contributed by atoms with Crippen LogP contribution in [0.25, 0.3) is 0 Å². The highest BCUT2D eigenvalue weighted by Gasteiger charge is 2.46. The Bertz CT molecular complexity index is 448. The number of rotatable bonds is 2. The van der Waals surface area contributed by atoms with E-state index >= 15 is 0 Å². The number of hydrogen-bond donors (Lipinski definition) is 1. The number of ether oxygens (including phenoxy) is 1. The molecule has 6 nitrogen and oxygen atoms in total. The Labute approximate surface area is 112 Å². The summed E-state index contributed by atoms with van der Waals surface area (Å²) in [6, 6.07) is 0. The topological polar surface area (TPSA) is 71.1 Å². The Balaban J connectivity index is 1.76. The standard InChI is InChI=1S/C13H20N4O2/c1-19-11-4-2-5-13(11)6-3-7-17(9-13)12(18)10-8-14-16-15-10/h8,11H,2-7,9H2,1H3,(H,14,15,16)/t11-,13+/m1/s1. The molecule has 1 spiro atoms. The summed E-state index contributed by atoms with van der Waals surface area (Å²) >= 11 is 0. The third-order valence-corrected chi connectivity index (χ3v) is 4.64. The fourth-order valence-corrected chi connectivity index (χ4v) is 3.74. The van der Waals surface area contributed by atoms with E-state index in [-0.39, 0.29) is 11.3 Å². The first-order valence-corrected chi connectivity index (χ1v) is 6.93. The lowest BCUT2D eigenvalue weighted by Crippen LogP contribution is -2.49. The lowest BCUT2D eigenvalue weighted by Gasteiger charge is -2.43. The van der Waals surface area contributed by atoms with Gasteiger partial charge < -0.3 is 9.64 Å². The van der Waals surface area contributed by atoms with Crippen molar-refractivity contribution >= 4 is 5.91 Å². The smallest absolute Gasteiger partial charge is 0.276 e. The van der Waals surface area contributed by atoms with Crippen LogP contribution in [-0.4, -0.2) is 52.5 Å². The van der Waals surface area contributed by atoms with Crippen molar-refractivity contribution < 1.29 is 9.53 Å². The van der Waals surface area contributed by atoms with Gasteiger partial charge in [-0.15, -0.1) is 0 Å². The van der Waals surface area contributed by atoms with Crippen LogP contribution >= 0.6 is 0 Å². The first kappa shape index (κ1) is 12.6. The van der Waals surface area contributed by atoms with Crippen molar-refractivity contribution in [1.82, 2.24) is 20.3 Å². The number of amides is 1. The molecule has 1 aliphatic carbocycles. The molecule has 0 radical (unpaired) electrons. The van der Waals surface area contributed by atoms with Crippen molar-refractivity contribution in [2.45, 2.75) is 38.2 Å². The molecule has 1 N–H and O–H groups in total. The van der Waals surface area contributed by atoms with Crippen molar-refractivity contribution in [1.29, 1.82) is 0 Å². The van der Waals surface area contributed by atoms with Crippen LogP contribution in [0.5, 0.6) is 0 Å². The quantitative estimate of drug-likeness (QED) is 0.872. The Morgan fingerprint density at radius 3 is 3.11 bits per heavy atom. The van der Waals surface area contributed by atoms with Gasteiger partial charge in [-0.05, 0) is 25.7 Å². The molecule has 1 aliphatic heterocycles. The normalized spacial score (nSPS) is 31.0. The second kappa shape index (κ2) is 4.92. The van der Waals surface area contributed by atoms with Crippen molar-refractivity contribution in [3.63, 3.8) is 0 Å². The molecule has 2 heterocycles. The molecule has 2 atom stereocenters. The molecule has 0 unspecified atom stereocenters. The molecular formula is C13H20N4O2. The number of hydrogen-bond acceptors (Lipinski definition) is 4. The third kappa shape index (κ3) is 2.14. The summed E-state index contributed by atoms with van der Waals surface area (Å²) in [5.74, 6) is -0.0189. The van der Waals surface area contributed by atoms with Crippen LogP contribution in [0.2, 0.25) is 0 Å². The average Bonchev–Trinajstić information content (AvgIpc) is 3.08. The second-order valence-corrected chi connectivity index (χ2v) is 5.66. The maximum absolute atomic E-state index is 12.4. The number of carbonyl (C=O) groups is 1. The maximum Gasteiger partial charge on any atom is 0.276 e. The summed E-state index contributed by atoms with van der Waals surface area (Å²) in [6.07, 6.45) is 7.46. The van der Waals surface area contributed by atoms with E-state index in [2.05, 4.69) is 15.4 Å². The molecule has 0 bridgehead atoms. The highest BCUT2D eigenvalue weighted by atomic mass is 16.5. The Morgan fingerprint density at radius 2 is 2.37 bits per heavy atom. The number of H-pyrrole nitrogens is 1. The minimum Gasteiger partial charge on any atom is -0.381 e. The third-order valence-electron chi connectivity index (χ3n) is 4.64. The first-order chi connectivity index (χ1) is 9.25. The molecule has 1 saturated heterocycles. The summed E-state index contributed by atoms with van der Waals surface area (Å²) in [4.78, 5) is 14.3. The minimum atomic E-state index is -0.0189. The van der Waals surface area contributed by atoms with Gasteiger partial charge in [0.2, 0.25) is 0 Å². The number of likely N-dealkylation sites (tertiary alicyclic amines) is 1. The second-order valence-electron chi connectivity index (χ2n) is 5.66. The zero-order valence-electron chi connectivity index (χ0n) is 11.3. The molecule has 19 heavy (non-hydrogen) atoms. The van der Waals surface area contributed by atoms with Crippen LogP contribution in [0, 0.1) is 5.41 Å². The van der Waals surface area contributed by atoms with Gasteiger partial charge in [-0.2, -0.15) is 15.4 Å². The summed E-state index contributed by atoms with van der Waals surface area (Å²) < 4.78 is 5.65. The van der Waals surface area contributed by atoms with E-state index in [0.717, 1.165) is 38.8 Å². The summed E-state index contributed by atoms with van der Waals surface area (Å²) in [6.45, 7) is 1.60. The molecule has 1 aromatic rings. The molecule has 1 amide bonds. The number of aromatic amines is 1. The SMILES string of the molecule is CO[C@@H]1CCC[C@@]12CCCN(C(=O)c1cn[nH]n1)C2. The fourth-order valence-electron chi connectivity index (χ4n) is 3.74. The highest BCUT2D eigenvalue weighted by Crippen LogP contribution is 2.46. The lowest BCUT2D eigenvalue weighted by molar-refractivity contribution is -0.0296. The van der Waals surface area contributed by atoms with Crippen molar-refractivity contribution in [3.05, 3.63) is 11.9 Å². The van der Waals surface area contributed by atoms with Gasteiger partial charge in [0.15, 0.2) is 5.69 Å². The molecule has 104 valence electrons. The van der Waals surface area contributed by atoms with Crippen LogP contribution in [-0.2, 0) is 4.74 Å². The van der Waals surface area contributed by atoms with Crippen LogP contribution in [0.4, 0.5) is 0 Å². The van der Waals surface area contributed by atoms with Crippen LogP contribution < -0.4 is 0 Å². The van der Waals surface area contributed by atoms with E-state index < -0.39 is 0 Å². The molecule has 1 saturated carbocycles. The molecular weight excluding hydrogens is 244 g/mol. The Kier molecular flexibility index (Phi) is 3.26. The number of carbonyl (C=O) groups excluding carboxylic acids is 1. The monoisotopic (exact) mass is 264 g/mol. The van der Waals surface area contributed by atoms with Crippen LogP contribution in [0.3, 0.4) is 0 Å². The molecule has 1 aromatic heterocycles. The van der Waals surface area contributed by atoms with Gasteiger partial charge in [0.25, 0.3) is 5.91 Å². The van der Waals surface area contributed by atoms with Gasteiger partial charge in [-0.25, -0.2) is 0 Å². The van der Waals surface area contributed by atoms with E-state index in [0.29, 0.717) is 11.8 Å². The summed E-state index contributed by atoms with van der Waals surface area (Å²) in [5, 5.41) is 10.1. The van der Waals surface area contributed by atoms with Gasteiger partial charge in [0.05, 0.1) is 12.3 Å². The van der Waals surface area contributed by atoms with Crippen LogP contribution in [0.1, 0.15) is 42.6 Å². The fraction of sp³-hybridized carbons (Fsp3) is 0.769. The van der Waals surface area contributed by atoms with Gasteiger partial charge in [0, 0.05) is 25.6 Å². The summed E-state index contributed by atoms with van der Waals surface area (Å²) in [7, 11) is 1.79. The zero-order valence-corrected chi connectivity index (χ0v) is 11.3. The number of nitrogens with one attached hydrogen (secondary N) is 1. The number of piperidine rings is 1. The van der Waals surface area contributed by atoms with E-state index in [4.69, 9.17) is 4.74 Å². The average molecular weight is 264 g/mol. The molecule has 6 heteroatoms. The van der Waals surface area contributed by atoms with E-state index in [1.165, 1.54) is 12.6 Å². The Morgan fingerprint density at radius 1 is 1.53 bits per heavy atom. The van der Waals surface area contributed by atoms with Gasteiger partial charge in [-0.3, -0.25) is 4.79 Å². The number of methoxy groups -OCH3 is 1. The number of aromatic nitrogens is 3. The first-order valence-electron chi connectivity index (χ1n) is 6.93. The zero-order chi connectivity index (χ0) is 13.3. The Hall–Kier alpha value is -1.43. The van der Waals surface area contributed by atoms with Gasteiger partial charge in [0.1, 0.15) is 0 Å². The molecule has 0 aromatic carbocycles. The predicted octanol–water partition coefficient (Wildman–Crippen LogP) is 1.23. The largest absolute Gasteiger partial charge is 0.381 e. The van der Waals surface area contributed by atoms with Crippen molar-refractivity contribution in [2.24, 2.45) is 5.41 Å². The van der Waals surface area contributed by atoms with Crippen LogP contribution in [0.15, 0.2) is 6.20 Å². The van der Waals surface area contributed by atoms with E-state index in [1.54, 1.807) is 7.11 Å². The predicted molar refractivity (Wildman–Crippen MR) is 68.6 cm³/mol. The van der Waals surface area contributed by atoms with E-state index in [1.807, 2.05) is 4.90 Å². The molecule has 2 fully saturated rings. The molecule has 3 rings (SSSR count). The number of nitrogens with zero attached hydrogens (tertiary/aromatic N) is 3. The highest BCUT2D eigenvalue weighted by molar-refractivity contribution is 5.92. The van der Waals surface area contributed by atoms with Gasteiger partial charge >= 0.3 is 0 Å². The lowest BCUT2D eigenvalue weighted by atomic mass is 9.76. The van der Waals surface area contributed by atoms with Crippen molar-refractivity contribution in [2.75, 3.05) is 20.2 Å². The van der Waals surface area contributed by atoms with Gasteiger partial charge in [-0.1, -0.05) is 6.42 Å². The van der Waals surface area contributed by atoms with Crippen molar-refractivity contribution in [3.8, 4) is 0 Å². The van der Waals surface area contributed by atoms with E-state index in [9.17, 15) is 4.79 Å². The maximum atomic E-state index is 12.4. The summed E-state index contributed by atoms with van der Waals surface area (Å²) in [5.41, 5.74) is 0.566.